The van der Waals surface area contributed by atoms with E-state index >= 15 is 0 Å². The van der Waals surface area contributed by atoms with Gasteiger partial charge in [0, 0.05) is 18.1 Å². The van der Waals surface area contributed by atoms with E-state index in [1.165, 1.54) is 0 Å². The fourth-order valence-corrected chi connectivity index (χ4v) is 3.50. The van der Waals surface area contributed by atoms with Crippen molar-refractivity contribution in [1.29, 1.82) is 0 Å². The van der Waals surface area contributed by atoms with Gasteiger partial charge in [-0.25, -0.2) is 0 Å². The molecular weight excluding hydrogens is 354 g/mol. The Balaban J connectivity index is 1.90. The normalized spacial score (nSPS) is 22.1. The van der Waals surface area contributed by atoms with Crippen molar-refractivity contribution in [3.8, 4) is 0 Å². The van der Waals surface area contributed by atoms with E-state index in [2.05, 4.69) is 15.8 Å². The van der Waals surface area contributed by atoms with Crippen LogP contribution < -0.4 is 10.9 Å². The van der Waals surface area contributed by atoms with Gasteiger partial charge < -0.3 is 4.74 Å². The van der Waals surface area contributed by atoms with Crippen LogP contribution in [-0.4, -0.2) is 48.1 Å². The molecule has 1 aromatic rings. The Morgan fingerprint density at radius 2 is 1.73 bits per heavy atom. The highest BCUT2D eigenvalue weighted by atomic mass is 35.5. The Morgan fingerprint density at radius 3 is 2.27 bits per heavy atom. The topological polar surface area (TPSA) is 70.7 Å². The predicted molar refractivity (Wildman–Crippen MR) is 102 cm³/mol. The van der Waals surface area contributed by atoms with E-state index in [0.29, 0.717) is 18.1 Å². The standard InChI is InChI=1S/C19H28ClN3O3/c1-12(2)18(23-10-13(3)26-14(4)11-23)19(25)22-21-17(24)9-15-5-7-16(20)8-6-15/h5-8,12-14,18H,9-11H2,1-4H3,(H,21,24)(H,22,25). The molecule has 0 bridgehead atoms. The fourth-order valence-electron chi connectivity index (χ4n) is 3.37. The molecule has 144 valence electrons. The lowest BCUT2D eigenvalue weighted by molar-refractivity contribution is -0.138. The van der Waals surface area contributed by atoms with E-state index in [4.69, 9.17) is 16.3 Å². The number of nitrogens with one attached hydrogen (secondary N) is 2. The van der Waals surface area contributed by atoms with Crippen molar-refractivity contribution in [2.45, 2.75) is 52.4 Å². The first-order valence-corrected chi connectivity index (χ1v) is 9.36. The zero-order valence-electron chi connectivity index (χ0n) is 15.8. The monoisotopic (exact) mass is 381 g/mol. The van der Waals surface area contributed by atoms with Gasteiger partial charge in [0.15, 0.2) is 0 Å². The van der Waals surface area contributed by atoms with Crippen LogP contribution in [0, 0.1) is 5.92 Å². The van der Waals surface area contributed by atoms with Gasteiger partial charge in [-0.15, -0.1) is 0 Å². The summed E-state index contributed by atoms with van der Waals surface area (Å²) in [4.78, 5) is 26.9. The van der Waals surface area contributed by atoms with Gasteiger partial charge >= 0.3 is 0 Å². The zero-order chi connectivity index (χ0) is 19.3. The van der Waals surface area contributed by atoms with Crippen molar-refractivity contribution in [3.63, 3.8) is 0 Å². The van der Waals surface area contributed by atoms with Gasteiger partial charge in [-0.05, 0) is 37.5 Å². The second kappa shape index (κ2) is 9.35. The lowest BCUT2D eigenvalue weighted by atomic mass is 10.00. The maximum absolute atomic E-state index is 12.7. The molecule has 7 heteroatoms. The summed E-state index contributed by atoms with van der Waals surface area (Å²) < 4.78 is 5.75. The summed E-state index contributed by atoms with van der Waals surface area (Å²) in [5.74, 6) is -0.363. The highest BCUT2D eigenvalue weighted by Gasteiger charge is 2.34. The average Bonchev–Trinajstić information content (AvgIpc) is 2.54. The summed E-state index contributed by atoms with van der Waals surface area (Å²) in [6, 6.07) is 6.73. The van der Waals surface area contributed by atoms with Gasteiger partial charge in [-0.3, -0.25) is 25.3 Å². The van der Waals surface area contributed by atoms with Crippen molar-refractivity contribution in [3.05, 3.63) is 34.9 Å². The molecule has 2 amide bonds. The summed E-state index contributed by atoms with van der Waals surface area (Å²) >= 11 is 5.84. The lowest BCUT2D eigenvalue weighted by Gasteiger charge is -2.40. The van der Waals surface area contributed by atoms with Crippen LogP contribution in [-0.2, 0) is 20.7 Å². The second-order valence-corrected chi connectivity index (χ2v) is 7.68. The van der Waals surface area contributed by atoms with Crippen LogP contribution in [0.3, 0.4) is 0 Å². The van der Waals surface area contributed by atoms with Crippen molar-refractivity contribution in [1.82, 2.24) is 15.8 Å². The Kier molecular flexibility index (Phi) is 7.43. The molecule has 26 heavy (non-hydrogen) atoms. The molecule has 0 radical (unpaired) electrons. The summed E-state index contributed by atoms with van der Waals surface area (Å²) in [5.41, 5.74) is 5.92. The Bertz CT molecular complexity index is 611. The number of carbonyl (C=O) groups excluding carboxylic acids is 2. The molecule has 1 aliphatic rings. The largest absolute Gasteiger partial charge is 0.373 e. The summed E-state index contributed by atoms with van der Waals surface area (Å²) in [6.45, 7) is 9.41. The first-order chi connectivity index (χ1) is 12.3. The molecule has 1 aliphatic heterocycles. The quantitative estimate of drug-likeness (QED) is 0.767. The molecule has 3 atom stereocenters. The van der Waals surface area contributed by atoms with E-state index in [1.54, 1.807) is 24.3 Å². The lowest BCUT2D eigenvalue weighted by Crippen LogP contribution is -2.59. The number of halogens is 1. The van der Waals surface area contributed by atoms with Crippen molar-refractivity contribution in [2.75, 3.05) is 13.1 Å². The Labute approximate surface area is 160 Å². The zero-order valence-corrected chi connectivity index (χ0v) is 16.5. The van der Waals surface area contributed by atoms with Crippen molar-refractivity contribution >= 4 is 23.4 Å². The molecule has 0 aliphatic carbocycles. The smallest absolute Gasteiger partial charge is 0.255 e. The number of hydrazine groups is 1. The molecule has 2 rings (SSSR count). The third kappa shape index (κ3) is 5.97. The number of amides is 2. The van der Waals surface area contributed by atoms with Gasteiger partial charge in [-0.2, -0.15) is 0 Å². The molecule has 1 heterocycles. The van der Waals surface area contributed by atoms with Crippen molar-refractivity contribution < 1.29 is 14.3 Å². The molecule has 0 spiro atoms. The van der Waals surface area contributed by atoms with E-state index in [-0.39, 0.29) is 42.4 Å². The van der Waals surface area contributed by atoms with E-state index in [9.17, 15) is 9.59 Å². The summed E-state index contributed by atoms with van der Waals surface area (Å²) in [6.07, 6.45) is 0.328. The minimum atomic E-state index is -0.320. The van der Waals surface area contributed by atoms with Crippen LogP contribution in [0.2, 0.25) is 5.02 Å². The molecule has 0 saturated carbocycles. The number of morpholine rings is 1. The first kappa shape index (κ1) is 20.7. The number of carbonyl (C=O) groups is 2. The molecule has 2 N–H and O–H groups in total. The van der Waals surface area contributed by atoms with E-state index in [0.717, 1.165) is 5.56 Å². The van der Waals surface area contributed by atoms with Crippen LogP contribution in [0.4, 0.5) is 0 Å². The van der Waals surface area contributed by atoms with Gasteiger partial charge in [0.05, 0.1) is 24.7 Å². The molecule has 1 saturated heterocycles. The molecule has 1 aromatic carbocycles. The van der Waals surface area contributed by atoms with Crippen LogP contribution in [0.1, 0.15) is 33.3 Å². The van der Waals surface area contributed by atoms with Crippen LogP contribution in [0.5, 0.6) is 0 Å². The average molecular weight is 382 g/mol. The SMILES string of the molecule is CC1CN(C(C(=O)NNC(=O)Cc2ccc(Cl)cc2)C(C)C)CC(C)O1. The number of hydrogen-bond donors (Lipinski definition) is 2. The molecule has 1 fully saturated rings. The van der Waals surface area contributed by atoms with Crippen molar-refractivity contribution in [2.24, 2.45) is 5.92 Å². The molecule has 6 nitrogen and oxygen atoms in total. The van der Waals surface area contributed by atoms with Gasteiger partial charge in [0.2, 0.25) is 5.91 Å². The molecular formula is C19H28ClN3O3. The van der Waals surface area contributed by atoms with Gasteiger partial charge in [0.1, 0.15) is 0 Å². The number of ether oxygens (including phenoxy) is 1. The first-order valence-electron chi connectivity index (χ1n) is 8.99. The minimum absolute atomic E-state index is 0.0762. The number of hydrogen-bond acceptors (Lipinski definition) is 4. The van der Waals surface area contributed by atoms with E-state index < -0.39 is 0 Å². The predicted octanol–water partition coefficient (Wildman–Crippen LogP) is 2.16. The van der Waals surface area contributed by atoms with Gasteiger partial charge in [-0.1, -0.05) is 37.6 Å². The molecule has 0 aromatic heterocycles. The third-order valence-electron chi connectivity index (χ3n) is 4.34. The second-order valence-electron chi connectivity index (χ2n) is 7.24. The Hall–Kier alpha value is -1.63. The van der Waals surface area contributed by atoms with Crippen LogP contribution in [0.25, 0.3) is 0 Å². The molecule has 3 unspecified atom stereocenters. The van der Waals surface area contributed by atoms with Crippen LogP contribution in [0.15, 0.2) is 24.3 Å². The maximum atomic E-state index is 12.7. The summed E-state index contributed by atoms with van der Waals surface area (Å²) in [5, 5.41) is 0.621. The Morgan fingerprint density at radius 1 is 1.15 bits per heavy atom. The number of nitrogens with zero attached hydrogens (tertiary/aromatic N) is 1. The highest BCUT2D eigenvalue weighted by Crippen LogP contribution is 2.18. The number of benzene rings is 1. The third-order valence-corrected chi connectivity index (χ3v) is 4.60. The highest BCUT2D eigenvalue weighted by molar-refractivity contribution is 6.30. The fraction of sp³-hybridized carbons (Fsp3) is 0.579. The maximum Gasteiger partial charge on any atom is 0.255 e. The van der Waals surface area contributed by atoms with Gasteiger partial charge in [0.25, 0.3) is 5.91 Å². The van der Waals surface area contributed by atoms with Crippen LogP contribution >= 0.6 is 11.6 Å². The van der Waals surface area contributed by atoms with E-state index in [1.807, 2.05) is 27.7 Å². The number of rotatable bonds is 5. The minimum Gasteiger partial charge on any atom is -0.373 e. The summed E-state index contributed by atoms with van der Waals surface area (Å²) in [7, 11) is 0.